The number of hydrogen-bond donors (Lipinski definition) is 2. The average Bonchev–Trinajstić information content (AvgIpc) is 2.28. The summed E-state index contributed by atoms with van der Waals surface area (Å²) in [5.74, 6) is 0.647. The monoisotopic (exact) mass is 246 g/mol. The fourth-order valence-electron chi connectivity index (χ4n) is 1.71. The number of benzene rings is 1. The molecule has 1 heterocycles. The first-order valence-electron chi connectivity index (χ1n) is 5.32. The van der Waals surface area contributed by atoms with Crippen molar-refractivity contribution in [2.75, 3.05) is 25.0 Å². The topological polar surface area (TPSA) is 33.3 Å². The predicted molar refractivity (Wildman–Crippen MR) is 58.2 cm³/mol. The van der Waals surface area contributed by atoms with Crippen molar-refractivity contribution in [3.05, 3.63) is 23.8 Å². The summed E-state index contributed by atoms with van der Waals surface area (Å²) >= 11 is 0. The number of halogens is 3. The van der Waals surface area contributed by atoms with Crippen molar-refractivity contribution in [3.63, 3.8) is 0 Å². The van der Waals surface area contributed by atoms with Crippen LogP contribution in [0.15, 0.2) is 18.2 Å². The van der Waals surface area contributed by atoms with Crippen molar-refractivity contribution >= 4 is 5.69 Å². The minimum Gasteiger partial charge on any atom is -0.489 e. The third-order valence-corrected chi connectivity index (χ3v) is 2.40. The van der Waals surface area contributed by atoms with Crippen molar-refractivity contribution in [2.45, 2.75) is 12.7 Å². The second-order valence-corrected chi connectivity index (χ2v) is 3.79. The first-order valence-corrected chi connectivity index (χ1v) is 5.32. The van der Waals surface area contributed by atoms with Gasteiger partial charge in [-0.05, 0) is 6.07 Å². The molecule has 3 nitrogen and oxygen atoms in total. The van der Waals surface area contributed by atoms with E-state index in [1.165, 1.54) is 0 Å². The summed E-state index contributed by atoms with van der Waals surface area (Å²) in [4.78, 5) is 0. The Morgan fingerprint density at radius 1 is 1.35 bits per heavy atom. The fourth-order valence-corrected chi connectivity index (χ4v) is 1.71. The van der Waals surface area contributed by atoms with Crippen LogP contribution in [0.3, 0.4) is 0 Å². The lowest BCUT2D eigenvalue weighted by Crippen LogP contribution is -2.29. The zero-order valence-electron chi connectivity index (χ0n) is 9.10. The van der Waals surface area contributed by atoms with E-state index in [-0.39, 0.29) is 6.54 Å². The number of alkyl halides is 3. The molecule has 1 aliphatic heterocycles. The van der Waals surface area contributed by atoms with Gasteiger partial charge < -0.3 is 15.4 Å². The summed E-state index contributed by atoms with van der Waals surface area (Å²) in [6, 6.07) is 5.40. The molecule has 0 saturated carbocycles. The lowest BCUT2D eigenvalue weighted by Gasteiger charge is -2.22. The van der Waals surface area contributed by atoms with E-state index in [4.69, 9.17) is 4.74 Å². The van der Waals surface area contributed by atoms with Crippen LogP contribution in [0.5, 0.6) is 5.75 Å². The average molecular weight is 246 g/mol. The molecule has 0 atom stereocenters. The minimum absolute atomic E-state index is 0.143. The van der Waals surface area contributed by atoms with Gasteiger partial charge >= 0.3 is 6.18 Å². The molecule has 0 bridgehead atoms. The van der Waals surface area contributed by atoms with Crippen LogP contribution in [-0.4, -0.2) is 25.9 Å². The van der Waals surface area contributed by atoms with Crippen LogP contribution < -0.4 is 15.4 Å². The summed E-state index contributed by atoms with van der Waals surface area (Å²) in [6.45, 7) is 0.393. The van der Waals surface area contributed by atoms with Gasteiger partial charge in [0, 0.05) is 18.7 Å². The normalized spacial score (nSPS) is 14.8. The van der Waals surface area contributed by atoms with Gasteiger partial charge in [-0.1, -0.05) is 12.1 Å². The Labute approximate surface area is 97.0 Å². The summed E-state index contributed by atoms with van der Waals surface area (Å²) in [5.41, 5.74) is 1.57. The van der Waals surface area contributed by atoms with Gasteiger partial charge in [0.05, 0.1) is 12.2 Å². The largest absolute Gasteiger partial charge is 0.489 e. The smallest absolute Gasteiger partial charge is 0.401 e. The van der Waals surface area contributed by atoms with Gasteiger partial charge in [0.15, 0.2) is 0 Å². The van der Waals surface area contributed by atoms with E-state index in [0.717, 1.165) is 11.3 Å². The molecule has 2 rings (SSSR count). The number of anilines is 1. The Kier molecular flexibility index (Phi) is 3.42. The number of fused-ring (bicyclic) bond motifs is 1. The molecule has 1 aromatic carbocycles. The van der Waals surface area contributed by atoms with Crippen molar-refractivity contribution in [2.24, 2.45) is 0 Å². The van der Waals surface area contributed by atoms with Crippen LogP contribution in [0.4, 0.5) is 18.9 Å². The zero-order valence-corrected chi connectivity index (χ0v) is 9.10. The molecule has 0 fully saturated rings. The third-order valence-electron chi connectivity index (χ3n) is 2.40. The molecule has 6 heteroatoms. The van der Waals surface area contributed by atoms with Gasteiger partial charge in [-0.3, -0.25) is 0 Å². The SMILES string of the molecule is FC(F)(F)CNCc1cccc2c1OCCN2. The summed E-state index contributed by atoms with van der Waals surface area (Å²) in [5, 5.41) is 5.49. The second kappa shape index (κ2) is 4.83. The molecule has 0 unspecified atom stereocenters. The maximum absolute atomic E-state index is 12.0. The van der Waals surface area contributed by atoms with E-state index in [9.17, 15) is 13.2 Å². The van der Waals surface area contributed by atoms with Gasteiger partial charge in [0.2, 0.25) is 0 Å². The molecule has 2 N–H and O–H groups in total. The quantitative estimate of drug-likeness (QED) is 0.857. The highest BCUT2D eigenvalue weighted by Gasteiger charge is 2.26. The molecule has 17 heavy (non-hydrogen) atoms. The number of ether oxygens (including phenoxy) is 1. The number of para-hydroxylation sites is 1. The molecule has 0 spiro atoms. The summed E-state index contributed by atoms with van der Waals surface area (Å²) in [6.07, 6.45) is -4.19. The van der Waals surface area contributed by atoms with Crippen molar-refractivity contribution in [3.8, 4) is 5.75 Å². The molecule has 0 aliphatic carbocycles. The first-order chi connectivity index (χ1) is 8.06. The molecule has 1 aliphatic rings. The standard InChI is InChI=1S/C11H13F3N2O/c12-11(13,14)7-15-6-8-2-1-3-9-10(8)17-5-4-16-9/h1-3,15-16H,4-7H2. The Hall–Kier alpha value is -1.43. The fraction of sp³-hybridized carbons (Fsp3) is 0.455. The lowest BCUT2D eigenvalue weighted by atomic mass is 10.1. The number of rotatable bonds is 3. The number of nitrogens with one attached hydrogen (secondary N) is 2. The van der Waals surface area contributed by atoms with E-state index < -0.39 is 12.7 Å². The van der Waals surface area contributed by atoms with Crippen LogP contribution in [-0.2, 0) is 6.54 Å². The Bertz CT molecular complexity index is 393. The molecule has 1 aromatic rings. The molecule has 0 amide bonds. The van der Waals surface area contributed by atoms with Crippen LogP contribution in [0.25, 0.3) is 0 Å². The first kappa shape index (κ1) is 12.0. The summed E-state index contributed by atoms with van der Waals surface area (Å²) in [7, 11) is 0. The molecular formula is C11H13F3N2O. The molecule has 0 radical (unpaired) electrons. The molecule has 0 saturated heterocycles. The van der Waals surface area contributed by atoms with E-state index >= 15 is 0 Å². The van der Waals surface area contributed by atoms with Gasteiger partial charge in [-0.15, -0.1) is 0 Å². The van der Waals surface area contributed by atoms with Crippen LogP contribution in [0.2, 0.25) is 0 Å². The lowest BCUT2D eigenvalue weighted by molar-refractivity contribution is -0.125. The number of hydrogen-bond acceptors (Lipinski definition) is 3. The van der Waals surface area contributed by atoms with Gasteiger partial charge in [0.25, 0.3) is 0 Å². The second-order valence-electron chi connectivity index (χ2n) is 3.79. The molecule has 0 aromatic heterocycles. The highest BCUT2D eigenvalue weighted by atomic mass is 19.4. The highest BCUT2D eigenvalue weighted by molar-refractivity contribution is 5.61. The Morgan fingerprint density at radius 2 is 2.18 bits per heavy atom. The molecule has 94 valence electrons. The summed E-state index contributed by atoms with van der Waals surface area (Å²) < 4.78 is 41.4. The predicted octanol–water partition coefficient (Wildman–Crippen LogP) is 2.14. The van der Waals surface area contributed by atoms with Crippen molar-refractivity contribution in [1.82, 2.24) is 5.32 Å². The van der Waals surface area contributed by atoms with E-state index in [1.807, 2.05) is 6.07 Å². The van der Waals surface area contributed by atoms with Crippen LogP contribution >= 0.6 is 0 Å². The van der Waals surface area contributed by atoms with Crippen LogP contribution in [0, 0.1) is 0 Å². The molecular weight excluding hydrogens is 233 g/mol. The van der Waals surface area contributed by atoms with Crippen molar-refractivity contribution in [1.29, 1.82) is 0 Å². The van der Waals surface area contributed by atoms with Crippen molar-refractivity contribution < 1.29 is 17.9 Å². The zero-order chi connectivity index (χ0) is 12.3. The van der Waals surface area contributed by atoms with Gasteiger partial charge in [-0.2, -0.15) is 13.2 Å². The Balaban J connectivity index is 2.01. The van der Waals surface area contributed by atoms with Gasteiger partial charge in [-0.25, -0.2) is 0 Å². The van der Waals surface area contributed by atoms with E-state index in [1.54, 1.807) is 12.1 Å². The third kappa shape index (κ3) is 3.26. The highest BCUT2D eigenvalue weighted by Crippen LogP contribution is 2.31. The minimum atomic E-state index is -4.19. The maximum atomic E-state index is 12.0. The van der Waals surface area contributed by atoms with Gasteiger partial charge in [0.1, 0.15) is 12.4 Å². The van der Waals surface area contributed by atoms with E-state index in [0.29, 0.717) is 18.9 Å². The Morgan fingerprint density at radius 3 is 2.94 bits per heavy atom. The maximum Gasteiger partial charge on any atom is 0.401 e. The van der Waals surface area contributed by atoms with Crippen LogP contribution in [0.1, 0.15) is 5.56 Å². The van der Waals surface area contributed by atoms with E-state index in [2.05, 4.69) is 10.6 Å².